The Morgan fingerprint density at radius 2 is 2.00 bits per heavy atom. The molecule has 0 aliphatic carbocycles. The summed E-state index contributed by atoms with van der Waals surface area (Å²) >= 11 is 0. The molecule has 2 N–H and O–H groups in total. The van der Waals surface area contributed by atoms with Crippen molar-refractivity contribution in [3.63, 3.8) is 0 Å². The normalized spacial score (nSPS) is 11.2. The standard InChI is InChI=1S/C23H17N5O/c1-25-23(29)18(11-24)9-15-4-2-5-16(8-15)19-10-20-21(14-28-22(20)27-13-19)17-6-3-7-26-12-17/h2-10,12-14H,1H3,(H,25,29)(H,27,28)/b18-9+. The molecule has 6 nitrogen and oxygen atoms in total. The second-order valence-corrected chi connectivity index (χ2v) is 6.44. The van der Waals surface area contributed by atoms with Crippen molar-refractivity contribution in [2.75, 3.05) is 7.05 Å². The molecule has 29 heavy (non-hydrogen) atoms. The van der Waals surface area contributed by atoms with E-state index in [0.717, 1.165) is 38.9 Å². The van der Waals surface area contributed by atoms with Crippen LogP contribution in [0.3, 0.4) is 0 Å². The lowest BCUT2D eigenvalue weighted by Gasteiger charge is -2.05. The zero-order valence-corrected chi connectivity index (χ0v) is 15.7. The molecule has 0 aliphatic heterocycles. The Morgan fingerprint density at radius 1 is 1.14 bits per heavy atom. The Hall–Kier alpha value is -4.24. The second kappa shape index (κ2) is 7.79. The van der Waals surface area contributed by atoms with Crippen LogP contribution in [-0.4, -0.2) is 27.9 Å². The fourth-order valence-electron chi connectivity index (χ4n) is 3.18. The molecule has 0 bridgehead atoms. The number of likely N-dealkylation sites (N-methyl/N-ethyl adjacent to an activating group) is 1. The summed E-state index contributed by atoms with van der Waals surface area (Å²) in [6.45, 7) is 0. The molecule has 3 heterocycles. The Bertz CT molecular complexity index is 1270. The van der Waals surface area contributed by atoms with E-state index in [2.05, 4.69) is 26.3 Å². The van der Waals surface area contributed by atoms with Gasteiger partial charge in [0, 0.05) is 53.9 Å². The molecule has 0 aliphatic rings. The van der Waals surface area contributed by atoms with Crippen molar-refractivity contribution in [2.45, 2.75) is 0 Å². The minimum atomic E-state index is -0.408. The number of benzene rings is 1. The first kappa shape index (κ1) is 18.1. The highest BCUT2D eigenvalue weighted by molar-refractivity contribution is 6.01. The minimum Gasteiger partial charge on any atom is -0.354 e. The van der Waals surface area contributed by atoms with E-state index in [1.807, 2.05) is 54.9 Å². The molecule has 0 saturated carbocycles. The van der Waals surface area contributed by atoms with Crippen LogP contribution in [0.2, 0.25) is 0 Å². The number of carbonyl (C=O) groups is 1. The number of fused-ring (bicyclic) bond motifs is 1. The molecule has 6 heteroatoms. The van der Waals surface area contributed by atoms with Gasteiger partial charge in [-0.3, -0.25) is 9.78 Å². The first-order chi connectivity index (χ1) is 14.2. The fraction of sp³-hybridized carbons (Fsp3) is 0.0435. The number of aromatic nitrogens is 3. The number of H-pyrrole nitrogens is 1. The first-order valence-corrected chi connectivity index (χ1v) is 9.01. The molecule has 0 fully saturated rings. The molecule has 1 aromatic carbocycles. The summed E-state index contributed by atoms with van der Waals surface area (Å²) in [7, 11) is 1.50. The van der Waals surface area contributed by atoms with E-state index in [4.69, 9.17) is 0 Å². The molecule has 140 valence electrons. The van der Waals surface area contributed by atoms with Crippen LogP contribution < -0.4 is 5.32 Å². The van der Waals surface area contributed by atoms with Crippen LogP contribution in [0.5, 0.6) is 0 Å². The number of pyridine rings is 2. The third kappa shape index (κ3) is 3.62. The lowest BCUT2D eigenvalue weighted by Crippen LogP contribution is -2.19. The monoisotopic (exact) mass is 379 g/mol. The minimum absolute atomic E-state index is 0.0581. The van der Waals surface area contributed by atoms with Gasteiger partial charge in [-0.1, -0.05) is 24.3 Å². The van der Waals surface area contributed by atoms with E-state index in [0.29, 0.717) is 0 Å². The van der Waals surface area contributed by atoms with Gasteiger partial charge in [-0.25, -0.2) is 4.98 Å². The van der Waals surface area contributed by atoms with Gasteiger partial charge in [0.2, 0.25) is 0 Å². The van der Waals surface area contributed by atoms with E-state index in [9.17, 15) is 10.1 Å². The number of carbonyl (C=O) groups excluding carboxylic acids is 1. The molecule has 0 radical (unpaired) electrons. The van der Waals surface area contributed by atoms with Gasteiger partial charge in [-0.2, -0.15) is 5.26 Å². The van der Waals surface area contributed by atoms with Gasteiger partial charge in [0.25, 0.3) is 5.91 Å². The Balaban J connectivity index is 1.77. The zero-order valence-electron chi connectivity index (χ0n) is 15.7. The summed E-state index contributed by atoms with van der Waals surface area (Å²) in [5.41, 5.74) is 5.56. The van der Waals surface area contributed by atoms with Gasteiger partial charge in [-0.15, -0.1) is 0 Å². The third-order valence-corrected chi connectivity index (χ3v) is 4.63. The number of rotatable bonds is 4. The average molecular weight is 379 g/mol. The van der Waals surface area contributed by atoms with Gasteiger partial charge in [-0.05, 0) is 35.4 Å². The molecule has 0 spiro atoms. The van der Waals surface area contributed by atoms with E-state index in [1.54, 1.807) is 18.5 Å². The van der Waals surface area contributed by atoms with Gasteiger partial charge >= 0.3 is 0 Å². The molecular weight excluding hydrogens is 362 g/mol. The Morgan fingerprint density at radius 3 is 2.76 bits per heavy atom. The zero-order chi connectivity index (χ0) is 20.2. The Labute approximate surface area is 167 Å². The maximum Gasteiger partial charge on any atom is 0.261 e. The average Bonchev–Trinajstić information content (AvgIpc) is 3.21. The number of nitrogens with zero attached hydrogens (tertiary/aromatic N) is 3. The molecule has 4 aromatic rings. The lowest BCUT2D eigenvalue weighted by molar-refractivity contribution is -0.116. The van der Waals surface area contributed by atoms with Crippen molar-refractivity contribution < 1.29 is 4.79 Å². The van der Waals surface area contributed by atoms with Crippen LogP contribution in [0.25, 0.3) is 39.4 Å². The van der Waals surface area contributed by atoms with Gasteiger partial charge < -0.3 is 10.3 Å². The number of hydrogen-bond donors (Lipinski definition) is 2. The molecule has 0 atom stereocenters. The van der Waals surface area contributed by atoms with Crippen LogP contribution in [0.1, 0.15) is 5.56 Å². The van der Waals surface area contributed by atoms with Crippen molar-refractivity contribution in [1.82, 2.24) is 20.3 Å². The lowest BCUT2D eigenvalue weighted by atomic mass is 10.0. The predicted octanol–water partition coefficient (Wildman–Crippen LogP) is 3.94. The highest BCUT2D eigenvalue weighted by Crippen LogP contribution is 2.31. The smallest absolute Gasteiger partial charge is 0.261 e. The quantitative estimate of drug-likeness (QED) is 0.415. The number of aromatic amines is 1. The molecular formula is C23H17N5O. The third-order valence-electron chi connectivity index (χ3n) is 4.63. The van der Waals surface area contributed by atoms with E-state index in [1.165, 1.54) is 7.05 Å². The van der Waals surface area contributed by atoms with Crippen molar-refractivity contribution in [2.24, 2.45) is 0 Å². The number of nitriles is 1. The molecule has 4 rings (SSSR count). The Kier molecular flexibility index (Phi) is 4.87. The van der Waals surface area contributed by atoms with E-state index < -0.39 is 5.91 Å². The highest BCUT2D eigenvalue weighted by atomic mass is 16.1. The summed E-state index contributed by atoms with van der Waals surface area (Å²) < 4.78 is 0. The highest BCUT2D eigenvalue weighted by Gasteiger charge is 2.10. The van der Waals surface area contributed by atoms with Crippen molar-refractivity contribution in [1.29, 1.82) is 5.26 Å². The topological polar surface area (TPSA) is 94.5 Å². The summed E-state index contributed by atoms with van der Waals surface area (Å²) in [6.07, 6.45) is 8.88. The van der Waals surface area contributed by atoms with Crippen molar-refractivity contribution in [3.05, 3.63) is 78.4 Å². The summed E-state index contributed by atoms with van der Waals surface area (Å²) in [6, 6.07) is 15.6. The number of amides is 1. The van der Waals surface area contributed by atoms with Crippen LogP contribution >= 0.6 is 0 Å². The largest absolute Gasteiger partial charge is 0.354 e. The van der Waals surface area contributed by atoms with Gasteiger partial charge in [0.15, 0.2) is 0 Å². The van der Waals surface area contributed by atoms with Gasteiger partial charge in [0.1, 0.15) is 17.3 Å². The van der Waals surface area contributed by atoms with Crippen LogP contribution in [0, 0.1) is 11.3 Å². The van der Waals surface area contributed by atoms with E-state index >= 15 is 0 Å². The van der Waals surface area contributed by atoms with Crippen LogP contribution in [0.15, 0.2) is 72.8 Å². The molecule has 3 aromatic heterocycles. The van der Waals surface area contributed by atoms with Crippen molar-refractivity contribution >= 4 is 23.0 Å². The van der Waals surface area contributed by atoms with Gasteiger partial charge in [0.05, 0.1) is 0 Å². The number of nitrogens with one attached hydrogen (secondary N) is 2. The SMILES string of the molecule is CNC(=O)/C(C#N)=C/c1cccc(-c2cnc3[nH]cc(-c4cccnc4)c3c2)c1. The molecule has 0 unspecified atom stereocenters. The summed E-state index contributed by atoms with van der Waals surface area (Å²) in [5, 5.41) is 12.7. The summed E-state index contributed by atoms with van der Waals surface area (Å²) in [5.74, 6) is -0.408. The number of hydrogen-bond acceptors (Lipinski definition) is 4. The molecule has 0 saturated heterocycles. The van der Waals surface area contributed by atoms with Crippen LogP contribution in [-0.2, 0) is 4.79 Å². The predicted molar refractivity (Wildman–Crippen MR) is 112 cm³/mol. The first-order valence-electron chi connectivity index (χ1n) is 9.01. The second-order valence-electron chi connectivity index (χ2n) is 6.44. The van der Waals surface area contributed by atoms with Crippen molar-refractivity contribution in [3.8, 4) is 28.3 Å². The van der Waals surface area contributed by atoms with Crippen LogP contribution in [0.4, 0.5) is 0 Å². The van der Waals surface area contributed by atoms with E-state index in [-0.39, 0.29) is 5.57 Å². The summed E-state index contributed by atoms with van der Waals surface area (Å²) in [4.78, 5) is 23.7. The molecule has 1 amide bonds. The maximum atomic E-state index is 11.8. The maximum absolute atomic E-state index is 11.8. The fourth-order valence-corrected chi connectivity index (χ4v) is 3.18.